The number of benzene rings is 3. The SMILES string of the molecule is COc1ccc2[nH]c(=O)c(CN(CCc3cccc(C)c3)S(=O)(=O)c3ccccc3F)cc2c1. The molecule has 0 unspecified atom stereocenters. The largest absolute Gasteiger partial charge is 0.497 e. The minimum absolute atomic E-state index is 0.0791. The highest BCUT2D eigenvalue weighted by molar-refractivity contribution is 7.89. The van der Waals surface area contributed by atoms with Crippen molar-refractivity contribution in [2.75, 3.05) is 13.7 Å². The van der Waals surface area contributed by atoms with Gasteiger partial charge in [0.2, 0.25) is 10.0 Å². The van der Waals surface area contributed by atoms with Gasteiger partial charge >= 0.3 is 0 Å². The number of H-pyrrole nitrogens is 1. The van der Waals surface area contributed by atoms with E-state index in [4.69, 9.17) is 4.74 Å². The second kappa shape index (κ2) is 9.79. The summed E-state index contributed by atoms with van der Waals surface area (Å²) in [7, 11) is -2.67. The molecule has 0 saturated carbocycles. The molecule has 0 saturated heterocycles. The lowest BCUT2D eigenvalue weighted by atomic mass is 10.1. The van der Waals surface area contributed by atoms with Gasteiger partial charge in [0.05, 0.1) is 7.11 Å². The summed E-state index contributed by atoms with van der Waals surface area (Å²) in [6.07, 6.45) is 0.411. The van der Waals surface area contributed by atoms with Crippen LogP contribution in [0, 0.1) is 12.7 Å². The molecule has 4 aromatic rings. The van der Waals surface area contributed by atoms with E-state index in [0.29, 0.717) is 23.1 Å². The molecule has 176 valence electrons. The molecule has 1 heterocycles. The van der Waals surface area contributed by atoms with E-state index >= 15 is 0 Å². The molecule has 0 aliphatic carbocycles. The predicted octanol–water partition coefficient (Wildman–Crippen LogP) is 4.42. The molecule has 0 bridgehead atoms. The van der Waals surface area contributed by atoms with Gasteiger partial charge in [0.1, 0.15) is 16.5 Å². The molecular weight excluding hydrogens is 455 g/mol. The van der Waals surface area contributed by atoms with E-state index in [0.717, 1.165) is 21.5 Å². The number of fused-ring (bicyclic) bond motifs is 1. The Hall–Kier alpha value is -3.49. The van der Waals surface area contributed by atoms with Crippen LogP contribution < -0.4 is 10.3 Å². The van der Waals surface area contributed by atoms with Gasteiger partial charge in [-0.3, -0.25) is 4.79 Å². The Bertz CT molecular complexity index is 1500. The molecule has 8 heteroatoms. The zero-order valence-corrected chi connectivity index (χ0v) is 19.7. The maximum absolute atomic E-state index is 14.5. The van der Waals surface area contributed by atoms with E-state index in [-0.39, 0.29) is 18.7 Å². The summed E-state index contributed by atoms with van der Waals surface area (Å²) >= 11 is 0. The quantitative estimate of drug-likeness (QED) is 0.405. The molecule has 34 heavy (non-hydrogen) atoms. The average Bonchev–Trinajstić information content (AvgIpc) is 2.81. The average molecular weight is 481 g/mol. The normalized spacial score (nSPS) is 11.8. The second-order valence-corrected chi connectivity index (χ2v) is 9.99. The first-order chi connectivity index (χ1) is 16.3. The Balaban J connectivity index is 1.74. The van der Waals surface area contributed by atoms with Crippen molar-refractivity contribution in [3.63, 3.8) is 0 Å². The number of nitrogens with zero attached hydrogens (tertiary/aromatic N) is 1. The molecule has 1 aromatic heterocycles. The number of rotatable bonds is 8. The standard InChI is InChI=1S/C26H25FN2O4S/c1-18-6-5-7-19(14-18)12-13-29(34(31,32)25-9-4-3-8-23(25)27)17-21-15-20-16-22(33-2)10-11-24(20)28-26(21)30/h3-11,14-16H,12-13,17H2,1-2H3,(H,28,30). The predicted molar refractivity (Wildman–Crippen MR) is 130 cm³/mol. The summed E-state index contributed by atoms with van der Waals surface area (Å²) < 4.78 is 47.8. The van der Waals surface area contributed by atoms with Gasteiger partial charge in [-0.15, -0.1) is 0 Å². The maximum atomic E-state index is 14.5. The molecule has 0 aliphatic heterocycles. The monoisotopic (exact) mass is 480 g/mol. The van der Waals surface area contributed by atoms with Crippen LogP contribution in [0.4, 0.5) is 4.39 Å². The zero-order chi connectivity index (χ0) is 24.3. The number of hydrogen-bond donors (Lipinski definition) is 1. The first-order valence-electron chi connectivity index (χ1n) is 10.8. The van der Waals surface area contributed by atoms with E-state index in [2.05, 4.69) is 4.98 Å². The highest BCUT2D eigenvalue weighted by Crippen LogP contribution is 2.23. The molecule has 3 aromatic carbocycles. The summed E-state index contributed by atoms with van der Waals surface area (Å²) in [6.45, 7) is 1.83. The first kappa shape index (κ1) is 23.7. The van der Waals surface area contributed by atoms with Gasteiger partial charge in [-0.2, -0.15) is 4.31 Å². The van der Waals surface area contributed by atoms with Crippen LogP contribution >= 0.6 is 0 Å². The number of aromatic amines is 1. The van der Waals surface area contributed by atoms with E-state index in [1.807, 2.05) is 31.2 Å². The van der Waals surface area contributed by atoms with E-state index in [1.165, 1.54) is 18.2 Å². The van der Waals surface area contributed by atoms with Crippen LogP contribution in [0.5, 0.6) is 5.75 Å². The number of methoxy groups -OCH3 is 1. The van der Waals surface area contributed by atoms with Crippen LogP contribution in [-0.4, -0.2) is 31.4 Å². The van der Waals surface area contributed by atoms with Crippen molar-refractivity contribution >= 4 is 20.9 Å². The molecular formula is C26H25FN2O4S. The first-order valence-corrected chi connectivity index (χ1v) is 12.2. The molecule has 1 N–H and O–H groups in total. The van der Waals surface area contributed by atoms with Crippen LogP contribution in [0.2, 0.25) is 0 Å². The smallest absolute Gasteiger partial charge is 0.252 e. The third kappa shape index (κ3) is 5.03. The van der Waals surface area contributed by atoms with Crippen molar-refractivity contribution in [1.82, 2.24) is 9.29 Å². The Kier molecular flexibility index (Phi) is 6.81. The summed E-state index contributed by atoms with van der Waals surface area (Å²) in [5.41, 5.74) is 2.47. The van der Waals surface area contributed by atoms with Crippen molar-refractivity contribution in [3.8, 4) is 5.75 Å². The Morgan fingerprint density at radius 2 is 1.79 bits per heavy atom. The van der Waals surface area contributed by atoms with Crippen molar-refractivity contribution in [2.45, 2.75) is 24.8 Å². The minimum Gasteiger partial charge on any atom is -0.497 e. The van der Waals surface area contributed by atoms with Crippen LogP contribution in [0.15, 0.2) is 82.5 Å². The lowest BCUT2D eigenvalue weighted by Gasteiger charge is -2.23. The third-order valence-electron chi connectivity index (χ3n) is 5.66. The third-order valence-corrected chi connectivity index (χ3v) is 7.54. The topological polar surface area (TPSA) is 79.5 Å². The molecule has 0 aliphatic rings. The van der Waals surface area contributed by atoms with Crippen molar-refractivity contribution < 1.29 is 17.5 Å². The molecule has 0 atom stereocenters. The number of halogens is 1. The fourth-order valence-electron chi connectivity index (χ4n) is 3.86. The van der Waals surface area contributed by atoms with Crippen molar-refractivity contribution in [3.05, 3.63) is 106 Å². The summed E-state index contributed by atoms with van der Waals surface area (Å²) in [5, 5.41) is 0.705. The lowest BCUT2D eigenvalue weighted by molar-refractivity contribution is 0.404. The Morgan fingerprint density at radius 1 is 1.00 bits per heavy atom. The number of ether oxygens (including phenoxy) is 1. The number of hydrogen-bond acceptors (Lipinski definition) is 4. The molecule has 0 fully saturated rings. The molecule has 0 radical (unpaired) electrons. The van der Waals surface area contributed by atoms with Crippen molar-refractivity contribution in [2.24, 2.45) is 0 Å². The van der Waals surface area contributed by atoms with Gasteiger partial charge in [-0.05, 0) is 55.3 Å². The van der Waals surface area contributed by atoms with Gasteiger partial charge < -0.3 is 9.72 Å². The van der Waals surface area contributed by atoms with Gasteiger partial charge in [0.15, 0.2) is 0 Å². The minimum atomic E-state index is -4.21. The molecule has 0 amide bonds. The van der Waals surface area contributed by atoms with E-state index in [9.17, 15) is 17.6 Å². The van der Waals surface area contributed by atoms with E-state index < -0.39 is 26.3 Å². The number of nitrogens with one attached hydrogen (secondary N) is 1. The zero-order valence-electron chi connectivity index (χ0n) is 18.9. The van der Waals surface area contributed by atoms with Crippen molar-refractivity contribution in [1.29, 1.82) is 0 Å². The number of aromatic nitrogens is 1. The van der Waals surface area contributed by atoms with Gasteiger partial charge in [0.25, 0.3) is 5.56 Å². The van der Waals surface area contributed by atoms with E-state index in [1.54, 1.807) is 31.4 Å². The van der Waals surface area contributed by atoms with Crippen LogP contribution in [-0.2, 0) is 23.0 Å². The number of sulfonamides is 1. The molecule has 4 rings (SSSR count). The van der Waals surface area contributed by atoms with Gasteiger partial charge in [-0.25, -0.2) is 12.8 Å². The van der Waals surface area contributed by atoms with Gasteiger partial charge in [0, 0.05) is 29.6 Å². The number of aryl methyl sites for hydroxylation is 1. The highest BCUT2D eigenvalue weighted by atomic mass is 32.2. The van der Waals surface area contributed by atoms with Gasteiger partial charge in [-0.1, -0.05) is 42.0 Å². The van der Waals surface area contributed by atoms with Crippen LogP contribution in [0.3, 0.4) is 0 Å². The Morgan fingerprint density at radius 3 is 2.53 bits per heavy atom. The van der Waals surface area contributed by atoms with Crippen LogP contribution in [0.25, 0.3) is 10.9 Å². The fraction of sp³-hybridized carbons (Fsp3) is 0.192. The number of pyridine rings is 1. The summed E-state index contributed by atoms with van der Waals surface area (Å²) in [4.78, 5) is 15.2. The lowest BCUT2D eigenvalue weighted by Crippen LogP contribution is -2.35. The van der Waals surface area contributed by atoms with Crippen LogP contribution in [0.1, 0.15) is 16.7 Å². The highest BCUT2D eigenvalue weighted by Gasteiger charge is 2.28. The Labute approximate surface area is 197 Å². The fourth-order valence-corrected chi connectivity index (χ4v) is 5.35. The summed E-state index contributed by atoms with van der Waals surface area (Å²) in [6, 6.07) is 19.9. The second-order valence-electron chi connectivity index (χ2n) is 8.08. The molecule has 6 nitrogen and oxygen atoms in total. The molecule has 0 spiro atoms. The maximum Gasteiger partial charge on any atom is 0.252 e. The summed E-state index contributed by atoms with van der Waals surface area (Å²) in [5.74, 6) is -0.221.